The molecule has 26 heavy (non-hydrogen) atoms. The van der Waals surface area contributed by atoms with Gasteiger partial charge in [-0.15, -0.1) is 0 Å². The first-order valence-corrected chi connectivity index (χ1v) is 8.73. The first-order chi connectivity index (χ1) is 12.4. The molecule has 1 unspecified atom stereocenters. The van der Waals surface area contributed by atoms with Gasteiger partial charge in [-0.1, -0.05) is 17.7 Å². The standard InChI is InChI=1S/C19H23N3O4/c1-13-3-5-17(6-4-13)26-14(2)18(23)21-9-7-16(8-10-21)22-12-15(11-20-22)19(24)25/h3-6,11-12,14,16H,7-10H2,1-2H3,(H,24,25). The van der Waals surface area contributed by atoms with Gasteiger partial charge in [0, 0.05) is 19.3 Å². The van der Waals surface area contributed by atoms with Crippen molar-refractivity contribution in [3.63, 3.8) is 0 Å². The van der Waals surface area contributed by atoms with Crippen LogP contribution >= 0.6 is 0 Å². The summed E-state index contributed by atoms with van der Waals surface area (Å²) in [6.45, 7) is 4.98. The molecule has 0 saturated carbocycles. The number of carboxylic acids is 1. The van der Waals surface area contributed by atoms with Gasteiger partial charge in [-0.25, -0.2) is 4.79 Å². The van der Waals surface area contributed by atoms with Gasteiger partial charge in [-0.2, -0.15) is 5.10 Å². The summed E-state index contributed by atoms with van der Waals surface area (Å²) >= 11 is 0. The average molecular weight is 357 g/mol. The molecule has 2 aromatic rings. The van der Waals surface area contributed by atoms with Crippen molar-refractivity contribution in [2.45, 2.75) is 38.8 Å². The van der Waals surface area contributed by atoms with E-state index >= 15 is 0 Å². The fraction of sp³-hybridized carbons (Fsp3) is 0.421. The Labute approximate surface area is 152 Å². The number of amides is 1. The van der Waals surface area contributed by atoms with Gasteiger partial charge < -0.3 is 14.7 Å². The van der Waals surface area contributed by atoms with E-state index in [1.807, 2.05) is 31.2 Å². The summed E-state index contributed by atoms with van der Waals surface area (Å²) in [5.74, 6) is -0.328. The summed E-state index contributed by atoms with van der Waals surface area (Å²) in [4.78, 5) is 25.4. The molecule has 1 saturated heterocycles. The Kier molecular flexibility index (Phi) is 5.25. The molecule has 7 nitrogen and oxygen atoms in total. The molecule has 2 heterocycles. The van der Waals surface area contributed by atoms with Gasteiger partial charge in [0.15, 0.2) is 6.10 Å². The van der Waals surface area contributed by atoms with Crippen LogP contribution in [-0.2, 0) is 4.79 Å². The van der Waals surface area contributed by atoms with Crippen molar-refractivity contribution in [3.8, 4) is 5.75 Å². The second-order valence-electron chi connectivity index (χ2n) is 6.64. The third kappa shape index (κ3) is 4.04. The van der Waals surface area contributed by atoms with Crippen molar-refractivity contribution in [1.29, 1.82) is 0 Å². The fourth-order valence-corrected chi connectivity index (χ4v) is 3.13. The molecular formula is C19H23N3O4. The van der Waals surface area contributed by atoms with Crippen LogP contribution in [0.25, 0.3) is 0 Å². The van der Waals surface area contributed by atoms with E-state index in [0.717, 1.165) is 18.4 Å². The number of piperidine rings is 1. The van der Waals surface area contributed by atoms with E-state index in [9.17, 15) is 9.59 Å². The first-order valence-electron chi connectivity index (χ1n) is 8.73. The largest absolute Gasteiger partial charge is 0.481 e. The maximum Gasteiger partial charge on any atom is 0.338 e. The predicted octanol–water partition coefficient (Wildman–Crippen LogP) is 2.52. The van der Waals surface area contributed by atoms with E-state index in [0.29, 0.717) is 18.8 Å². The predicted molar refractivity (Wildman–Crippen MR) is 95.3 cm³/mol. The maximum atomic E-state index is 12.6. The smallest absolute Gasteiger partial charge is 0.338 e. The lowest BCUT2D eigenvalue weighted by atomic mass is 10.0. The van der Waals surface area contributed by atoms with Gasteiger partial charge in [-0.3, -0.25) is 9.48 Å². The Morgan fingerprint density at radius 1 is 1.23 bits per heavy atom. The number of benzene rings is 1. The molecule has 7 heteroatoms. The van der Waals surface area contributed by atoms with E-state index in [-0.39, 0.29) is 17.5 Å². The number of carbonyl (C=O) groups is 2. The van der Waals surface area contributed by atoms with Crippen molar-refractivity contribution in [2.75, 3.05) is 13.1 Å². The zero-order valence-corrected chi connectivity index (χ0v) is 15.0. The third-order valence-electron chi connectivity index (χ3n) is 4.68. The Hall–Kier alpha value is -2.83. The Bertz CT molecular complexity index is 776. The van der Waals surface area contributed by atoms with Crippen LogP contribution in [0.3, 0.4) is 0 Å². The summed E-state index contributed by atoms with van der Waals surface area (Å²) < 4.78 is 7.44. The van der Waals surface area contributed by atoms with E-state index in [2.05, 4.69) is 5.10 Å². The minimum absolute atomic E-state index is 0.0317. The van der Waals surface area contributed by atoms with Crippen LogP contribution in [0.2, 0.25) is 0 Å². The Morgan fingerprint density at radius 2 is 1.88 bits per heavy atom. The minimum atomic E-state index is -0.981. The van der Waals surface area contributed by atoms with E-state index < -0.39 is 12.1 Å². The lowest BCUT2D eigenvalue weighted by Gasteiger charge is -2.33. The zero-order chi connectivity index (χ0) is 18.7. The summed E-state index contributed by atoms with van der Waals surface area (Å²) in [6.07, 6.45) is 3.84. The van der Waals surface area contributed by atoms with Crippen LogP contribution < -0.4 is 4.74 Å². The molecular weight excluding hydrogens is 334 g/mol. The fourth-order valence-electron chi connectivity index (χ4n) is 3.13. The minimum Gasteiger partial charge on any atom is -0.481 e. The SMILES string of the molecule is Cc1ccc(OC(C)C(=O)N2CCC(n3cc(C(=O)O)cn3)CC2)cc1. The topological polar surface area (TPSA) is 84.7 Å². The van der Waals surface area contributed by atoms with E-state index in [4.69, 9.17) is 9.84 Å². The number of hydrogen-bond acceptors (Lipinski definition) is 4. The Balaban J connectivity index is 1.54. The van der Waals surface area contributed by atoms with Crippen LogP contribution in [0, 0.1) is 6.92 Å². The Morgan fingerprint density at radius 3 is 2.46 bits per heavy atom. The highest BCUT2D eigenvalue weighted by atomic mass is 16.5. The number of rotatable bonds is 5. The molecule has 0 aliphatic carbocycles. The van der Waals surface area contributed by atoms with Crippen LogP contribution in [0.5, 0.6) is 5.75 Å². The summed E-state index contributed by atoms with van der Waals surface area (Å²) in [5.41, 5.74) is 1.33. The second kappa shape index (κ2) is 7.59. The first kappa shape index (κ1) is 18.0. The van der Waals surface area contributed by atoms with E-state index in [1.54, 1.807) is 22.7 Å². The van der Waals surface area contributed by atoms with Crippen molar-refractivity contribution in [3.05, 3.63) is 47.8 Å². The van der Waals surface area contributed by atoms with Gasteiger partial charge in [0.1, 0.15) is 5.75 Å². The number of carboxylic acid groups (broad SMARTS) is 1. The molecule has 1 aliphatic rings. The number of carbonyl (C=O) groups excluding carboxylic acids is 1. The molecule has 0 radical (unpaired) electrons. The molecule has 3 rings (SSSR count). The van der Waals surface area contributed by atoms with Gasteiger partial charge in [0.05, 0.1) is 17.8 Å². The van der Waals surface area contributed by atoms with Crippen molar-refractivity contribution >= 4 is 11.9 Å². The van der Waals surface area contributed by atoms with Gasteiger partial charge >= 0.3 is 5.97 Å². The molecule has 0 bridgehead atoms. The highest BCUT2D eigenvalue weighted by Crippen LogP contribution is 2.23. The summed E-state index contributed by atoms with van der Waals surface area (Å²) in [7, 11) is 0. The number of likely N-dealkylation sites (tertiary alicyclic amines) is 1. The van der Waals surface area contributed by atoms with Gasteiger partial charge in [0.2, 0.25) is 0 Å². The normalized spacial score (nSPS) is 16.3. The molecule has 1 atom stereocenters. The quantitative estimate of drug-likeness (QED) is 0.889. The lowest BCUT2D eigenvalue weighted by molar-refractivity contribution is -0.139. The highest BCUT2D eigenvalue weighted by molar-refractivity contribution is 5.86. The van der Waals surface area contributed by atoms with E-state index in [1.165, 1.54) is 6.20 Å². The molecule has 1 fully saturated rings. The number of aromatic nitrogens is 2. The molecule has 1 N–H and O–H groups in total. The number of nitrogens with zero attached hydrogens (tertiary/aromatic N) is 3. The summed E-state index contributed by atoms with van der Waals surface area (Å²) in [6, 6.07) is 7.74. The van der Waals surface area contributed by atoms with Gasteiger partial charge in [-0.05, 0) is 38.8 Å². The monoisotopic (exact) mass is 357 g/mol. The van der Waals surface area contributed by atoms with Crippen LogP contribution in [0.1, 0.15) is 41.7 Å². The lowest BCUT2D eigenvalue weighted by Crippen LogP contribution is -2.45. The number of hydrogen-bond donors (Lipinski definition) is 1. The molecule has 1 aliphatic heterocycles. The highest BCUT2D eigenvalue weighted by Gasteiger charge is 2.28. The van der Waals surface area contributed by atoms with Crippen LogP contribution in [0.15, 0.2) is 36.7 Å². The molecule has 0 spiro atoms. The molecule has 138 valence electrons. The zero-order valence-electron chi connectivity index (χ0n) is 15.0. The number of aryl methyl sites for hydroxylation is 1. The number of ether oxygens (including phenoxy) is 1. The third-order valence-corrected chi connectivity index (χ3v) is 4.68. The van der Waals surface area contributed by atoms with Crippen LogP contribution in [0.4, 0.5) is 0 Å². The molecule has 1 aromatic heterocycles. The molecule has 1 amide bonds. The summed E-state index contributed by atoms with van der Waals surface area (Å²) in [5, 5.41) is 13.1. The average Bonchev–Trinajstić information content (AvgIpc) is 3.13. The molecule has 1 aromatic carbocycles. The van der Waals surface area contributed by atoms with Crippen molar-refractivity contribution < 1.29 is 19.4 Å². The second-order valence-corrected chi connectivity index (χ2v) is 6.64. The van der Waals surface area contributed by atoms with Crippen molar-refractivity contribution in [1.82, 2.24) is 14.7 Å². The maximum absolute atomic E-state index is 12.6. The van der Waals surface area contributed by atoms with Crippen LogP contribution in [-0.4, -0.2) is 50.9 Å². The van der Waals surface area contributed by atoms with Gasteiger partial charge in [0.25, 0.3) is 5.91 Å². The van der Waals surface area contributed by atoms with Crippen molar-refractivity contribution in [2.24, 2.45) is 0 Å². The number of aromatic carboxylic acids is 1.